The molecule has 3 rings (SSSR count). The van der Waals surface area contributed by atoms with E-state index in [1.54, 1.807) is 30.2 Å². The molecule has 0 aliphatic carbocycles. The smallest absolute Gasteiger partial charge is 0.161 e. The molecule has 0 fully saturated rings. The summed E-state index contributed by atoms with van der Waals surface area (Å²) in [4.78, 5) is 5.40. The van der Waals surface area contributed by atoms with Gasteiger partial charge in [-0.25, -0.2) is 9.67 Å². The molecule has 0 amide bonds. The van der Waals surface area contributed by atoms with E-state index in [-0.39, 0.29) is 0 Å². The molecule has 0 atom stereocenters. The highest BCUT2D eigenvalue weighted by Gasteiger charge is 2.10. The first-order valence-electron chi connectivity index (χ1n) is 6.73. The van der Waals surface area contributed by atoms with Crippen molar-refractivity contribution < 1.29 is 9.47 Å². The second-order valence-corrected chi connectivity index (χ2v) is 6.04. The Morgan fingerprint density at radius 1 is 1.18 bits per heavy atom. The molecule has 0 aliphatic heterocycles. The molecule has 0 spiro atoms. The second-order valence-electron chi connectivity index (χ2n) is 4.72. The lowest BCUT2D eigenvalue weighted by Gasteiger charge is -2.07. The van der Waals surface area contributed by atoms with Gasteiger partial charge < -0.3 is 9.47 Å². The highest BCUT2D eigenvalue weighted by Crippen LogP contribution is 2.31. The number of benzene rings is 1. The average Bonchev–Trinajstić information content (AvgIpc) is 3.16. The summed E-state index contributed by atoms with van der Waals surface area (Å²) in [5, 5.41) is 9.44. The number of hydrogen-bond donors (Lipinski definition) is 0. The number of aryl methyl sites for hydroxylation is 1. The Bertz CT molecular complexity index is 781. The molecule has 3 aromatic rings. The maximum atomic E-state index is 5.32. The monoisotopic (exact) mass is 316 g/mol. The van der Waals surface area contributed by atoms with Crippen molar-refractivity contribution in [3.63, 3.8) is 0 Å². The summed E-state index contributed by atoms with van der Waals surface area (Å²) in [5.74, 6) is 1.37. The summed E-state index contributed by atoms with van der Waals surface area (Å²) in [6.45, 7) is 2.66. The predicted molar refractivity (Wildman–Crippen MR) is 84.5 cm³/mol. The number of thiazole rings is 1. The third-order valence-electron chi connectivity index (χ3n) is 3.20. The molecule has 114 valence electrons. The molecule has 2 heterocycles. The fourth-order valence-electron chi connectivity index (χ4n) is 2.14. The lowest BCUT2D eigenvalue weighted by Crippen LogP contribution is -1.98. The largest absolute Gasteiger partial charge is 0.493 e. The number of ether oxygens (including phenoxy) is 2. The van der Waals surface area contributed by atoms with E-state index in [9.17, 15) is 0 Å². The molecule has 2 aromatic heterocycles. The van der Waals surface area contributed by atoms with Crippen molar-refractivity contribution in [3.8, 4) is 22.8 Å². The van der Waals surface area contributed by atoms with Crippen LogP contribution in [0.1, 0.15) is 9.88 Å². The number of nitrogens with zero attached hydrogens (tertiary/aromatic N) is 4. The van der Waals surface area contributed by atoms with Gasteiger partial charge in [-0.05, 0) is 25.1 Å². The van der Waals surface area contributed by atoms with E-state index in [4.69, 9.17) is 9.47 Å². The minimum Gasteiger partial charge on any atom is -0.493 e. The predicted octanol–water partition coefficient (Wildman–Crippen LogP) is 2.78. The van der Waals surface area contributed by atoms with Gasteiger partial charge in [0.1, 0.15) is 5.69 Å². The van der Waals surface area contributed by atoms with Crippen LogP contribution in [0.2, 0.25) is 0 Å². The zero-order valence-electron chi connectivity index (χ0n) is 12.6. The van der Waals surface area contributed by atoms with Gasteiger partial charge in [-0.15, -0.1) is 16.4 Å². The molecule has 1 aromatic carbocycles. The van der Waals surface area contributed by atoms with Crippen LogP contribution in [-0.4, -0.2) is 34.2 Å². The van der Waals surface area contributed by atoms with Gasteiger partial charge in [0, 0.05) is 16.6 Å². The summed E-state index contributed by atoms with van der Waals surface area (Å²) in [6, 6.07) is 5.69. The Labute approximate surface area is 132 Å². The van der Waals surface area contributed by atoms with Crippen LogP contribution in [0.3, 0.4) is 0 Å². The van der Waals surface area contributed by atoms with Crippen LogP contribution >= 0.6 is 11.3 Å². The third-order valence-corrected chi connectivity index (χ3v) is 4.10. The first-order valence-corrected chi connectivity index (χ1v) is 7.55. The lowest BCUT2D eigenvalue weighted by atomic mass is 10.1. The fourth-order valence-corrected chi connectivity index (χ4v) is 2.93. The molecule has 0 N–H and O–H groups in total. The van der Waals surface area contributed by atoms with Crippen LogP contribution in [0.25, 0.3) is 11.3 Å². The quantitative estimate of drug-likeness (QED) is 0.724. The van der Waals surface area contributed by atoms with E-state index >= 15 is 0 Å². The van der Waals surface area contributed by atoms with E-state index < -0.39 is 0 Å². The van der Waals surface area contributed by atoms with Gasteiger partial charge in [0.2, 0.25) is 0 Å². The average molecular weight is 316 g/mol. The summed E-state index contributed by atoms with van der Waals surface area (Å²) in [7, 11) is 3.23. The second kappa shape index (κ2) is 6.15. The molecule has 6 nitrogen and oxygen atoms in total. The zero-order valence-corrected chi connectivity index (χ0v) is 13.4. The van der Waals surface area contributed by atoms with Crippen molar-refractivity contribution in [1.29, 1.82) is 0 Å². The van der Waals surface area contributed by atoms with Crippen molar-refractivity contribution in [3.05, 3.63) is 40.5 Å². The van der Waals surface area contributed by atoms with Crippen molar-refractivity contribution >= 4 is 11.3 Å². The third kappa shape index (κ3) is 2.94. The standard InChI is InChI=1S/C15H16N4O2S/c1-10-16-7-12(22-10)8-19-9-13(17-18-19)11-4-5-14(20-2)15(6-11)21-3/h4-7,9H,8H2,1-3H3. The van der Waals surface area contributed by atoms with Gasteiger partial charge in [-0.2, -0.15) is 0 Å². The Balaban J connectivity index is 1.84. The van der Waals surface area contributed by atoms with Crippen molar-refractivity contribution in [2.75, 3.05) is 14.2 Å². The number of methoxy groups -OCH3 is 2. The first-order chi connectivity index (χ1) is 10.7. The topological polar surface area (TPSA) is 62.1 Å². The zero-order chi connectivity index (χ0) is 15.5. The normalized spacial score (nSPS) is 10.7. The van der Waals surface area contributed by atoms with Crippen LogP contribution in [0.15, 0.2) is 30.6 Å². The lowest BCUT2D eigenvalue weighted by molar-refractivity contribution is 0.355. The van der Waals surface area contributed by atoms with Gasteiger partial charge >= 0.3 is 0 Å². The summed E-state index contributed by atoms with van der Waals surface area (Å²) >= 11 is 1.66. The summed E-state index contributed by atoms with van der Waals surface area (Å²) in [5.41, 5.74) is 1.73. The van der Waals surface area contributed by atoms with E-state index in [2.05, 4.69) is 15.3 Å². The van der Waals surface area contributed by atoms with Crippen molar-refractivity contribution in [1.82, 2.24) is 20.0 Å². The van der Waals surface area contributed by atoms with E-state index in [1.165, 1.54) is 0 Å². The maximum absolute atomic E-state index is 5.32. The summed E-state index contributed by atoms with van der Waals surface area (Å²) in [6.07, 6.45) is 3.79. The molecule has 0 aliphatic rings. The number of hydrogen-bond acceptors (Lipinski definition) is 6. The number of rotatable bonds is 5. The van der Waals surface area contributed by atoms with Crippen LogP contribution in [-0.2, 0) is 6.54 Å². The van der Waals surface area contributed by atoms with E-state index in [0.29, 0.717) is 18.0 Å². The molecular weight excluding hydrogens is 300 g/mol. The van der Waals surface area contributed by atoms with E-state index in [0.717, 1.165) is 21.1 Å². The van der Waals surface area contributed by atoms with Crippen LogP contribution < -0.4 is 9.47 Å². The van der Waals surface area contributed by atoms with E-state index in [1.807, 2.05) is 37.5 Å². The van der Waals surface area contributed by atoms with Gasteiger partial charge in [-0.1, -0.05) is 5.21 Å². The highest BCUT2D eigenvalue weighted by molar-refractivity contribution is 7.11. The van der Waals surface area contributed by atoms with Gasteiger partial charge in [0.05, 0.1) is 32.0 Å². The minimum atomic E-state index is 0.672. The van der Waals surface area contributed by atoms with Crippen LogP contribution in [0.5, 0.6) is 11.5 Å². The first kappa shape index (κ1) is 14.5. The van der Waals surface area contributed by atoms with Gasteiger partial charge in [0.15, 0.2) is 11.5 Å². The van der Waals surface area contributed by atoms with Crippen LogP contribution in [0, 0.1) is 6.92 Å². The van der Waals surface area contributed by atoms with Crippen molar-refractivity contribution in [2.24, 2.45) is 0 Å². The maximum Gasteiger partial charge on any atom is 0.161 e. The van der Waals surface area contributed by atoms with Crippen molar-refractivity contribution in [2.45, 2.75) is 13.5 Å². The molecular formula is C15H16N4O2S. The molecule has 0 radical (unpaired) electrons. The van der Waals surface area contributed by atoms with Gasteiger partial charge in [-0.3, -0.25) is 0 Å². The SMILES string of the molecule is COc1ccc(-c2cn(Cc3cnc(C)s3)nn2)cc1OC. The molecule has 0 saturated heterocycles. The Morgan fingerprint density at radius 3 is 2.68 bits per heavy atom. The minimum absolute atomic E-state index is 0.672. The molecule has 0 unspecified atom stereocenters. The Kier molecular flexibility index (Phi) is 4.06. The molecule has 0 bridgehead atoms. The molecule has 22 heavy (non-hydrogen) atoms. The molecule has 7 heteroatoms. The molecule has 0 saturated carbocycles. The Hall–Kier alpha value is -2.41. The van der Waals surface area contributed by atoms with Gasteiger partial charge in [0.25, 0.3) is 0 Å². The van der Waals surface area contributed by atoms with Crippen LogP contribution in [0.4, 0.5) is 0 Å². The highest BCUT2D eigenvalue weighted by atomic mass is 32.1. The number of aromatic nitrogens is 4. The fraction of sp³-hybridized carbons (Fsp3) is 0.267. The Morgan fingerprint density at radius 2 is 2.00 bits per heavy atom. The summed E-state index contributed by atoms with van der Waals surface area (Å²) < 4.78 is 12.4.